The Balaban J connectivity index is 1.39. The topological polar surface area (TPSA) is 52.6 Å². The van der Waals surface area contributed by atoms with E-state index in [2.05, 4.69) is 34.5 Å². The molecule has 0 saturated carbocycles. The van der Waals surface area contributed by atoms with Crippen molar-refractivity contribution in [1.82, 2.24) is 10.2 Å². The van der Waals surface area contributed by atoms with E-state index in [4.69, 9.17) is 0 Å². The molecular weight excluding hydrogens is 312 g/mol. The third-order valence-electron chi connectivity index (χ3n) is 4.86. The van der Waals surface area contributed by atoms with Crippen LogP contribution in [0, 0.1) is 5.92 Å². The molecule has 4 nitrogen and oxygen atoms in total. The minimum Gasteiger partial charge on any atom is -0.378 e. The van der Waals surface area contributed by atoms with Crippen LogP contribution >= 0.6 is 0 Å². The summed E-state index contributed by atoms with van der Waals surface area (Å²) >= 11 is 0. The highest BCUT2D eigenvalue weighted by molar-refractivity contribution is 5.81. The van der Waals surface area contributed by atoms with Crippen LogP contribution in [0.4, 0.5) is 0 Å². The average Bonchev–Trinajstić information content (AvgIpc) is 3.13. The lowest BCUT2D eigenvalue weighted by Crippen LogP contribution is -2.34. The summed E-state index contributed by atoms with van der Waals surface area (Å²) in [6.45, 7) is 3.77. The molecule has 0 spiro atoms. The van der Waals surface area contributed by atoms with Crippen molar-refractivity contribution < 1.29 is 9.90 Å². The molecule has 4 heteroatoms. The molecule has 1 heterocycles. The van der Waals surface area contributed by atoms with Crippen LogP contribution in [0.3, 0.4) is 0 Å². The second-order valence-electron chi connectivity index (χ2n) is 6.75. The summed E-state index contributed by atoms with van der Waals surface area (Å²) in [5.41, 5.74) is 2.00. The van der Waals surface area contributed by atoms with Crippen molar-refractivity contribution in [2.24, 2.45) is 5.92 Å². The number of aliphatic hydroxyl groups excluding tert-OH is 1. The standard InChI is InChI=1S/C21H26N2O2/c24-20(19-9-5-2-6-10-19)21(25)22-15-18-12-14-23(16-18)13-11-17-7-3-1-4-8-17/h1-10,18,20,24H,11-16H2,(H,22,25). The number of amides is 1. The summed E-state index contributed by atoms with van der Waals surface area (Å²) in [6, 6.07) is 19.6. The third-order valence-corrected chi connectivity index (χ3v) is 4.86. The van der Waals surface area contributed by atoms with Gasteiger partial charge >= 0.3 is 0 Å². The Morgan fingerprint density at radius 3 is 2.52 bits per heavy atom. The Bertz CT molecular complexity index is 660. The number of carbonyl (C=O) groups is 1. The summed E-state index contributed by atoms with van der Waals surface area (Å²) < 4.78 is 0. The van der Waals surface area contributed by atoms with Crippen LogP contribution in [-0.4, -0.2) is 42.1 Å². The van der Waals surface area contributed by atoms with Crippen LogP contribution in [0.1, 0.15) is 23.7 Å². The van der Waals surface area contributed by atoms with Crippen LogP contribution in [0.5, 0.6) is 0 Å². The Morgan fingerprint density at radius 2 is 1.80 bits per heavy atom. The molecule has 1 aliphatic heterocycles. The quantitative estimate of drug-likeness (QED) is 0.815. The molecule has 2 aromatic rings. The van der Waals surface area contributed by atoms with Crippen molar-refractivity contribution in [3.63, 3.8) is 0 Å². The summed E-state index contributed by atoms with van der Waals surface area (Å²) in [5, 5.41) is 13.0. The zero-order chi connectivity index (χ0) is 17.5. The Hall–Kier alpha value is -2.17. The van der Waals surface area contributed by atoms with Crippen molar-refractivity contribution in [3.05, 3.63) is 71.8 Å². The van der Waals surface area contributed by atoms with E-state index in [1.165, 1.54) is 5.56 Å². The van der Waals surface area contributed by atoms with E-state index in [9.17, 15) is 9.90 Å². The monoisotopic (exact) mass is 338 g/mol. The zero-order valence-electron chi connectivity index (χ0n) is 14.5. The fraction of sp³-hybridized carbons (Fsp3) is 0.381. The smallest absolute Gasteiger partial charge is 0.253 e. The average molecular weight is 338 g/mol. The van der Waals surface area contributed by atoms with Gasteiger partial charge in [0.2, 0.25) is 0 Å². The second-order valence-corrected chi connectivity index (χ2v) is 6.75. The van der Waals surface area contributed by atoms with Gasteiger partial charge in [0, 0.05) is 19.6 Å². The van der Waals surface area contributed by atoms with Gasteiger partial charge in [-0.25, -0.2) is 0 Å². The molecule has 1 fully saturated rings. The van der Waals surface area contributed by atoms with Gasteiger partial charge < -0.3 is 15.3 Å². The van der Waals surface area contributed by atoms with Gasteiger partial charge in [-0.05, 0) is 36.4 Å². The second kappa shape index (κ2) is 8.79. The highest BCUT2D eigenvalue weighted by Crippen LogP contribution is 2.17. The van der Waals surface area contributed by atoms with Crippen molar-refractivity contribution in [2.45, 2.75) is 18.9 Å². The molecule has 0 radical (unpaired) electrons. The predicted molar refractivity (Wildman–Crippen MR) is 99.1 cm³/mol. The van der Waals surface area contributed by atoms with E-state index in [1.54, 1.807) is 12.1 Å². The van der Waals surface area contributed by atoms with Crippen molar-refractivity contribution >= 4 is 5.91 Å². The zero-order valence-corrected chi connectivity index (χ0v) is 14.5. The lowest BCUT2D eigenvalue weighted by atomic mass is 10.1. The number of nitrogens with one attached hydrogen (secondary N) is 1. The normalized spacial score (nSPS) is 18.8. The molecule has 0 aromatic heterocycles. The van der Waals surface area contributed by atoms with Gasteiger partial charge in [-0.2, -0.15) is 0 Å². The highest BCUT2D eigenvalue weighted by atomic mass is 16.3. The Morgan fingerprint density at radius 1 is 1.12 bits per heavy atom. The number of aliphatic hydroxyl groups is 1. The molecule has 132 valence electrons. The molecule has 1 amide bonds. The van der Waals surface area contributed by atoms with E-state index in [-0.39, 0.29) is 5.91 Å². The van der Waals surface area contributed by atoms with Gasteiger partial charge in [0.1, 0.15) is 0 Å². The molecule has 2 unspecified atom stereocenters. The maximum atomic E-state index is 12.1. The number of benzene rings is 2. The lowest BCUT2D eigenvalue weighted by Gasteiger charge is -2.17. The first-order valence-electron chi connectivity index (χ1n) is 8.99. The van der Waals surface area contributed by atoms with Gasteiger partial charge in [-0.1, -0.05) is 60.7 Å². The van der Waals surface area contributed by atoms with Crippen molar-refractivity contribution in [3.8, 4) is 0 Å². The SMILES string of the molecule is O=C(NCC1CCN(CCc2ccccc2)C1)C(O)c1ccccc1. The van der Waals surface area contributed by atoms with Crippen LogP contribution in [0.15, 0.2) is 60.7 Å². The first-order valence-corrected chi connectivity index (χ1v) is 8.99. The van der Waals surface area contributed by atoms with Crippen LogP contribution < -0.4 is 5.32 Å². The highest BCUT2D eigenvalue weighted by Gasteiger charge is 2.24. The Kier molecular flexibility index (Phi) is 6.20. The number of hydrogen-bond donors (Lipinski definition) is 2. The Labute approximate surface area is 149 Å². The van der Waals surface area contributed by atoms with E-state index >= 15 is 0 Å². The first kappa shape index (κ1) is 17.6. The maximum Gasteiger partial charge on any atom is 0.253 e. The lowest BCUT2D eigenvalue weighted by molar-refractivity contribution is -0.129. The van der Waals surface area contributed by atoms with Crippen LogP contribution in [-0.2, 0) is 11.2 Å². The molecule has 2 aromatic carbocycles. The van der Waals surface area contributed by atoms with Gasteiger partial charge in [0.25, 0.3) is 5.91 Å². The van der Waals surface area contributed by atoms with E-state index in [0.717, 1.165) is 32.5 Å². The largest absolute Gasteiger partial charge is 0.378 e. The van der Waals surface area contributed by atoms with E-state index < -0.39 is 6.10 Å². The molecule has 0 aliphatic carbocycles. The molecule has 3 rings (SSSR count). The molecule has 2 N–H and O–H groups in total. The van der Waals surface area contributed by atoms with Gasteiger partial charge in [0.05, 0.1) is 0 Å². The number of hydrogen-bond acceptors (Lipinski definition) is 3. The summed E-state index contributed by atoms with van der Waals surface area (Å²) in [5.74, 6) is 0.150. The number of carbonyl (C=O) groups excluding carboxylic acids is 1. The molecule has 2 atom stereocenters. The molecular formula is C21H26N2O2. The number of rotatable bonds is 7. The van der Waals surface area contributed by atoms with E-state index in [1.807, 2.05) is 24.3 Å². The molecule has 1 saturated heterocycles. The minimum absolute atomic E-state index is 0.311. The molecule has 25 heavy (non-hydrogen) atoms. The van der Waals surface area contributed by atoms with Gasteiger partial charge in [-0.15, -0.1) is 0 Å². The van der Waals surface area contributed by atoms with Gasteiger partial charge in [-0.3, -0.25) is 4.79 Å². The predicted octanol–water partition coefficient (Wildman–Crippen LogP) is 2.40. The van der Waals surface area contributed by atoms with Crippen LogP contribution in [0.25, 0.3) is 0 Å². The minimum atomic E-state index is -1.09. The van der Waals surface area contributed by atoms with Crippen molar-refractivity contribution in [2.75, 3.05) is 26.2 Å². The number of nitrogens with zero attached hydrogens (tertiary/aromatic N) is 1. The third kappa shape index (κ3) is 5.15. The van der Waals surface area contributed by atoms with E-state index in [0.29, 0.717) is 18.0 Å². The fourth-order valence-electron chi connectivity index (χ4n) is 3.34. The maximum absolute atomic E-state index is 12.1. The fourth-order valence-corrected chi connectivity index (χ4v) is 3.34. The summed E-state index contributed by atoms with van der Waals surface area (Å²) in [6.07, 6.45) is 1.07. The number of likely N-dealkylation sites (tertiary alicyclic amines) is 1. The summed E-state index contributed by atoms with van der Waals surface area (Å²) in [4.78, 5) is 14.6. The first-order chi connectivity index (χ1) is 12.2. The van der Waals surface area contributed by atoms with Crippen molar-refractivity contribution in [1.29, 1.82) is 0 Å². The molecule has 1 aliphatic rings. The summed E-state index contributed by atoms with van der Waals surface area (Å²) in [7, 11) is 0. The van der Waals surface area contributed by atoms with Gasteiger partial charge in [0.15, 0.2) is 6.10 Å². The molecule has 0 bridgehead atoms. The van der Waals surface area contributed by atoms with Crippen LogP contribution in [0.2, 0.25) is 0 Å².